The lowest BCUT2D eigenvalue weighted by Crippen LogP contribution is -2.49. The van der Waals surface area contributed by atoms with Crippen LogP contribution in [0.1, 0.15) is 23.7 Å². The molecule has 1 aromatic heterocycles. The average molecular weight is 391 g/mol. The van der Waals surface area contributed by atoms with E-state index in [0.717, 1.165) is 0 Å². The Morgan fingerprint density at radius 1 is 1.33 bits per heavy atom. The molecule has 0 unspecified atom stereocenters. The summed E-state index contributed by atoms with van der Waals surface area (Å²) in [6.45, 7) is 2.45. The summed E-state index contributed by atoms with van der Waals surface area (Å²) in [5.41, 5.74) is -0.00628. The maximum absolute atomic E-state index is 12.9. The Morgan fingerprint density at radius 2 is 2.04 bits per heavy atom. The second kappa shape index (κ2) is 7.91. The minimum Gasteiger partial charge on any atom is -0.548 e. The maximum atomic E-state index is 12.9. The SMILES string of the molecule is CCn1cc(C(=O)N[C@@H](CCSC)C(=O)[O-])c(=O)c2cc3c(cc21)OCO3. The quantitative estimate of drug-likeness (QED) is 0.725. The Labute approximate surface area is 159 Å². The van der Waals surface area contributed by atoms with E-state index in [2.05, 4.69) is 5.32 Å². The first kappa shape index (κ1) is 19.1. The van der Waals surface area contributed by atoms with Gasteiger partial charge in [0.15, 0.2) is 11.5 Å². The lowest BCUT2D eigenvalue weighted by molar-refractivity contribution is -0.308. The zero-order valence-corrected chi connectivity index (χ0v) is 15.8. The highest BCUT2D eigenvalue weighted by Gasteiger charge is 2.22. The zero-order chi connectivity index (χ0) is 19.6. The highest BCUT2D eigenvalue weighted by molar-refractivity contribution is 7.98. The number of hydrogen-bond donors (Lipinski definition) is 1. The van der Waals surface area contributed by atoms with E-state index in [4.69, 9.17) is 9.47 Å². The van der Waals surface area contributed by atoms with Gasteiger partial charge in [-0.15, -0.1) is 0 Å². The molecule has 0 spiro atoms. The van der Waals surface area contributed by atoms with Crippen LogP contribution >= 0.6 is 11.8 Å². The van der Waals surface area contributed by atoms with E-state index < -0.39 is 23.3 Å². The third-order valence-electron chi connectivity index (χ3n) is 4.36. The van der Waals surface area contributed by atoms with Crippen LogP contribution in [0.3, 0.4) is 0 Å². The van der Waals surface area contributed by atoms with Gasteiger partial charge in [-0.2, -0.15) is 11.8 Å². The number of nitrogens with zero attached hydrogens (tertiary/aromatic N) is 1. The number of aryl methyl sites for hydroxylation is 1. The number of carbonyl (C=O) groups is 2. The summed E-state index contributed by atoms with van der Waals surface area (Å²) in [5.74, 6) is -0.600. The largest absolute Gasteiger partial charge is 0.548 e. The van der Waals surface area contributed by atoms with E-state index in [0.29, 0.717) is 34.7 Å². The number of carboxylic acids is 1. The molecule has 8 nitrogen and oxygen atoms in total. The maximum Gasteiger partial charge on any atom is 0.257 e. The number of rotatable bonds is 7. The summed E-state index contributed by atoms with van der Waals surface area (Å²) in [5, 5.41) is 14.0. The smallest absolute Gasteiger partial charge is 0.257 e. The molecule has 0 saturated heterocycles. The fourth-order valence-corrected chi connectivity index (χ4v) is 3.40. The van der Waals surface area contributed by atoms with Gasteiger partial charge in [0.1, 0.15) is 5.56 Å². The number of hydrogen-bond acceptors (Lipinski definition) is 7. The van der Waals surface area contributed by atoms with E-state index in [1.165, 1.54) is 18.0 Å². The molecule has 1 amide bonds. The molecule has 1 aromatic carbocycles. The number of thioether (sulfide) groups is 1. The summed E-state index contributed by atoms with van der Waals surface area (Å²) in [7, 11) is 0. The van der Waals surface area contributed by atoms with Crippen molar-refractivity contribution >= 4 is 34.5 Å². The van der Waals surface area contributed by atoms with Gasteiger partial charge in [-0.1, -0.05) is 0 Å². The summed E-state index contributed by atoms with van der Waals surface area (Å²) >= 11 is 1.46. The van der Waals surface area contributed by atoms with Crippen LogP contribution < -0.4 is 25.3 Å². The third kappa shape index (κ3) is 3.73. The van der Waals surface area contributed by atoms with Crippen LogP contribution in [0, 0.1) is 0 Å². The number of ether oxygens (including phenoxy) is 2. The number of carbonyl (C=O) groups excluding carboxylic acids is 2. The van der Waals surface area contributed by atoms with Crippen LogP contribution in [0.4, 0.5) is 0 Å². The number of aliphatic carboxylic acids is 1. The first-order valence-corrected chi connectivity index (χ1v) is 9.83. The predicted octanol–water partition coefficient (Wildman–Crippen LogP) is 0.351. The first-order valence-electron chi connectivity index (χ1n) is 8.43. The van der Waals surface area contributed by atoms with Crippen LogP contribution in [0.2, 0.25) is 0 Å². The Balaban J connectivity index is 2.02. The van der Waals surface area contributed by atoms with Crippen molar-refractivity contribution in [2.75, 3.05) is 18.8 Å². The molecule has 0 aliphatic carbocycles. The molecule has 0 fully saturated rings. The molecular weight excluding hydrogens is 372 g/mol. The molecule has 1 aliphatic rings. The molecule has 2 heterocycles. The van der Waals surface area contributed by atoms with Crippen LogP contribution in [0.15, 0.2) is 23.1 Å². The van der Waals surface area contributed by atoms with Crippen molar-refractivity contribution in [3.63, 3.8) is 0 Å². The fraction of sp³-hybridized carbons (Fsp3) is 0.389. The zero-order valence-electron chi connectivity index (χ0n) is 14.9. The van der Waals surface area contributed by atoms with Crippen molar-refractivity contribution in [3.8, 4) is 11.5 Å². The molecule has 1 N–H and O–H groups in total. The summed E-state index contributed by atoms with van der Waals surface area (Å²) in [4.78, 5) is 36.7. The van der Waals surface area contributed by atoms with E-state index >= 15 is 0 Å². The molecule has 9 heteroatoms. The standard InChI is InChI=1S/C18H20N2O6S/c1-3-20-8-11(17(22)19-12(18(23)24)4-5-27-2)16(21)10-6-14-15(7-13(10)20)26-9-25-14/h6-8,12H,3-5,9H2,1-2H3,(H,19,22)(H,23,24)/p-1/t12-/m0/s1. The van der Waals surface area contributed by atoms with Crippen molar-refractivity contribution in [1.82, 2.24) is 9.88 Å². The van der Waals surface area contributed by atoms with Crippen LogP contribution in [0.25, 0.3) is 10.9 Å². The van der Waals surface area contributed by atoms with Crippen LogP contribution in [-0.2, 0) is 11.3 Å². The van der Waals surface area contributed by atoms with Crippen LogP contribution in [0.5, 0.6) is 11.5 Å². The molecule has 0 bridgehead atoms. The molecule has 3 rings (SSSR count). The van der Waals surface area contributed by atoms with Crippen molar-refractivity contribution in [2.24, 2.45) is 0 Å². The van der Waals surface area contributed by atoms with Gasteiger partial charge in [-0.3, -0.25) is 9.59 Å². The van der Waals surface area contributed by atoms with Gasteiger partial charge >= 0.3 is 0 Å². The minimum atomic E-state index is -1.38. The Morgan fingerprint density at radius 3 is 2.67 bits per heavy atom. The number of carboxylic acid groups (broad SMARTS) is 1. The van der Waals surface area contributed by atoms with Crippen LogP contribution in [-0.4, -0.2) is 41.3 Å². The second-order valence-corrected chi connectivity index (χ2v) is 6.99. The molecule has 0 saturated carbocycles. The summed E-state index contributed by atoms with van der Waals surface area (Å²) < 4.78 is 12.4. The number of nitrogens with one attached hydrogen (secondary N) is 1. The van der Waals surface area contributed by atoms with E-state index in [-0.39, 0.29) is 18.8 Å². The molecule has 2 aromatic rings. The molecule has 1 aliphatic heterocycles. The van der Waals surface area contributed by atoms with E-state index in [9.17, 15) is 19.5 Å². The van der Waals surface area contributed by atoms with Gasteiger partial charge in [0.25, 0.3) is 5.91 Å². The number of benzene rings is 1. The first-order chi connectivity index (χ1) is 13.0. The Kier molecular flexibility index (Phi) is 5.59. The van der Waals surface area contributed by atoms with Gasteiger partial charge in [0, 0.05) is 18.8 Å². The second-order valence-electron chi connectivity index (χ2n) is 6.01. The number of pyridine rings is 1. The topological polar surface area (TPSA) is 110 Å². The number of fused-ring (bicyclic) bond motifs is 2. The molecule has 144 valence electrons. The normalized spacial score (nSPS) is 13.6. The van der Waals surface area contributed by atoms with Gasteiger partial charge < -0.3 is 29.3 Å². The van der Waals surface area contributed by atoms with Crippen molar-refractivity contribution in [3.05, 3.63) is 34.1 Å². The summed E-state index contributed by atoms with van der Waals surface area (Å²) in [6, 6.07) is 2.09. The predicted molar refractivity (Wildman–Crippen MR) is 99.3 cm³/mol. The summed E-state index contributed by atoms with van der Waals surface area (Å²) in [6.07, 6.45) is 3.48. The lowest BCUT2D eigenvalue weighted by Gasteiger charge is -2.20. The highest BCUT2D eigenvalue weighted by atomic mass is 32.2. The number of aromatic nitrogens is 1. The van der Waals surface area contributed by atoms with Crippen molar-refractivity contribution in [2.45, 2.75) is 25.9 Å². The molecule has 27 heavy (non-hydrogen) atoms. The molecule has 1 atom stereocenters. The van der Waals surface area contributed by atoms with E-state index in [1.54, 1.807) is 16.7 Å². The monoisotopic (exact) mass is 391 g/mol. The fourth-order valence-electron chi connectivity index (χ4n) is 2.92. The van der Waals surface area contributed by atoms with E-state index in [1.807, 2.05) is 13.2 Å². The van der Waals surface area contributed by atoms with Gasteiger partial charge in [-0.05, 0) is 31.4 Å². The highest BCUT2D eigenvalue weighted by Crippen LogP contribution is 2.35. The average Bonchev–Trinajstić information content (AvgIpc) is 3.11. The Hall–Kier alpha value is -2.68. The lowest BCUT2D eigenvalue weighted by atomic mass is 10.1. The molecular formula is C18H19N2O6S-. The van der Waals surface area contributed by atoms with Gasteiger partial charge in [0.05, 0.1) is 22.9 Å². The molecule has 0 radical (unpaired) electrons. The minimum absolute atomic E-state index is 0.0715. The van der Waals surface area contributed by atoms with Gasteiger partial charge in [0.2, 0.25) is 12.2 Å². The van der Waals surface area contributed by atoms with Crippen molar-refractivity contribution in [1.29, 1.82) is 0 Å². The number of amides is 1. The van der Waals surface area contributed by atoms with Crippen molar-refractivity contribution < 1.29 is 24.2 Å². The Bertz CT molecular complexity index is 955. The van der Waals surface area contributed by atoms with Gasteiger partial charge in [-0.25, -0.2) is 0 Å². The third-order valence-corrected chi connectivity index (χ3v) is 5.00.